The second kappa shape index (κ2) is 6.98. The molecule has 1 aromatic carbocycles. The molecule has 0 aliphatic carbocycles. The number of nitrogens with zero attached hydrogens (tertiary/aromatic N) is 2. The zero-order valence-corrected chi connectivity index (χ0v) is 14.6. The van der Waals surface area contributed by atoms with Gasteiger partial charge in [0.25, 0.3) is 0 Å². The Kier molecular flexibility index (Phi) is 4.78. The van der Waals surface area contributed by atoms with Crippen LogP contribution in [0.1, 0.15) is 16.3 Å². The van der Waals surface area contributed by atoms with Crippen LogP contribution in [0.4, 0.5) is 5.69 Å². The molecule has 0 saturated heterocycles. The van der Waals surface area contributed by atoms with Gasteiger partial charge in [-0.2, -0.15) is 4.98 Å². The van der Waals surface area contributed by atoms with Gasteiger partial charge in [0.1, 0.15) is 0 Å². The molecule has 5 nitrogen and oxygen atoms in total. The Balaban J connectivity index is 1.73. The summed E-state index contributed by atoms with van der Waals surface area (Å²) in [6, 6.07) is 9.17. The molecule has 0 radical (unpaired) electrons. The first-order chi connectivity index (χ1) is 11.5. The van der Waals surface area contributed by atoms with Crippen molar-refractivity contribution < 1.29 is 9.32 Å². The Hall–Kier alpha value is -2.44. The maximum Gasteiger partial charge on any atom is 0.248 e. The molecule has 0 fully saturated rings. The molecule has 122 valence electrons. The van der Waals surface area contributed by atoms with Crippen LogP contribution in [0.25, 0.3) is 16.8 Å². The third kappa shape index (κ3) is 3.72. The third-order valence-corrected chi connectivity index (χ3v) is 4.63. The summed E-state index contributed by atoms with van der Waals surface area (Å²) in [4.78, 5) is 18.1. The molecule has 0 unspecified atom stereocenters. The maximum absolute atomic E-state index is 12.1. The van der Waals surface area contributed by atoms with E-state index in [0.29, 0.717) is 16.7 Å². The minimum absolute atomic E-state index is 0.230. The van der Waals surface area contributed by atoms with Gasteiger partial charge < -0.3 is 9.84 Å². The molecule has 1 N–H and O–H groups in total. The van der Waals surface area contributed by atoms with Crippen LogP contribution >= 0.6 is 22.9 Å². The minimum Gasteiger partial charge on any atom is -0.339 e. The van der Waals surface area contributed by atoms with Crippen LogP contribution in [0.5, 0.6) is 0 Å². The van der Waals surface area contributed by atoms with E-state index in [2.05, 4.69) is 15.5 Å². The van der Waals surface area contributed by atoms with Gasteiger partial charge in [-0.05, 0) is 30.7 Å². The van der Waals surface area contributed by atoms with Crippen molar-refractivity contribution in [2.24, 2.45) is 0 Å². The van der Waals surface area contributed by atoms with Gasteiger partial charge >= 0.3 is 0 Å². The molecule has 24 heavy (non-hydrogen) atoms. The monoisotopic (exact) mass is 359 g/mol. The molecular weight excluding hydrogens is 346 g/mol. The van der Waals surface area contributed by atoms with Gasteiger partial charge in [-0.25, -0.2) is 0 Å². The SMILES string of the molecule is Cc1nc(-c2cc(NC(=O)C=Cc3ccccc3Cl)c(C)s2)no1. The predicted octanol–water partition coefficient (Wildman–Crippen LogP) is 4.72. The second-order valence-corrected chi connectivity index (χ2v) is 6.73. The maximum atomic E-state index is 12.1. The highest BCUT2D eigenvalue weighted by molar-refractivity contribution is 7.16. The number of carbonyl (C=O) groups is 1. The van der Waals surface area contributed by atoms with E-state index in [1.807, 2.05) is 31.2 Å². The van der Waals surface area contributed by atoms with Crippen molar-refractivity contribution in [3.05, 3.63) is 57.8 Å². The van der Waals surface area contributed by atoms with Crippen molar-refractivity contribution >= 4 is 40.6 Å². The first-order valence-electron chi connectivity index (χ1n) is 7.17. The lowest BCUT2D eigenvalue weighted by atomic mass is 10.2. The first-order valence-corrected chi connectivity index (χ1v) is 8.37. The van der Waals surface area contributed by atoms with Crippen molar-refractivity contribution in [3.63, 3.8) is 0 Å². The van der Waals surface area contributed by atoms with E-state index < -0.39 is 0 Å². The lowest BCUT2D eigenvalue weighted by Gasteiger charge is -2.00. The molecule has 0 bridgehead atoms. The van der Waals surface area contributed by atoms with Crippen LogP contribution < -0.4 is 5.32 Å². The molecule has 3 aromatic rings. The number of carbonyl (C=O) groups excluding carboxylic acids is 1. The van der Waals surface area contributed by atoms with Gasteiger partial charge in [-0.3, -0.25) is 4.79 Å². The van der Waals surface area contributed by atoms with Gasteiger partial charge in [0, 0.05) is 22.9 Å². The summed E-state index contributed by atoms with van der Waals surface area (Å²) in [5.41, 5.74) is 1.52. The van der Waals surface area contributed by atoms with Crippen LogP contribution in [0, 0.1) is 13.8 Å². The Morgan fingerprint density at radius 2 is 2.12 bits per heavy atom. The molecule has 2 aromatic heterocycles. The summed E-state index contributed by atoms with van der Waals surface area (Å²) < 4.78 is 4.98. The van der Waals surface area contributed by atoms with Gasteiger partial charge in [0.2, 0.25) is 17.6 Å². The second-order valence-electron chi connectivity index (χ2n) is 5.06. The van der Waals surface area contributed by atoms with E-state index in [1.165, 1.54) is 17.4 Å². The molecule has 1 amide bonds. The Morgan fingerprint density at radius 3 is 2.83 bits per heavy atom. The number of halogens is 1. The van der Waals surface area contributed by atoms with Crippen molar-refractivity contribution in [3.8, 4) is 10.7 Å². The Bertz CT molecular complexity index is 914. The van der Waals surface area contributed by atoms with E-state index in [4.69, 9.17) is 16.1 Å². The van der Waals surface area contributed by atoms with E-state index in [-0.39, 0.29) is 5.91 Å². The summed E-state index contributed by atoms with van der Waals surface area (Å²) in [6.07, 6.45) is 3.14. The summed E-state index contributed by atoms with van der Waals surface area (Å²) in [5.74, 6) is 0.795. The molecular formula is C17H14ClN3O2S. The number of hydrogen-bond acceptors (Lipinski definition) is 5. The fourth-order valence-corrected chi connectivity index (χ4v) is 3.17. The first kappa shape index (κ1) is 16.4. The number of nitrogens with one attached hydrogen (secondary N) is 1. The van der Waals surface area contributed by atoms with E-state index in [9.17, 15) is 4.79 Å². The number of rotatable bonds is 4. The van der Waals surface area contributed by atoms with Crippen molar-refractivity contribution in [2.45, 2.75) is 13.8 Å². The molecule has 0 atom stereocenters. The van der Waals surface area contributed by atoms with Gasteiger partial charge in [0.05, 0.1) is 10.6 Å². The molecule has 0 aliphatic heterocycles. The molecule has 0 aliphatic rings. The fourth-order valence-electron chi connectivity index (χ4n) is 2.07. The van der Waals surface area contributed by atoms with Crippen LogP contribution in [0.2, 0.25) is 5.02 Å². The lowest BCUT2D eigenvalue weighted by Crippen LogP contribution is -2.07. The number of hydrogen-bond donors (Lipinski definition) is 1. The minimum atomic E-state index is -0.230. The summed E-state index contributed by atoms with van der Waals surface area (Å²) in [6.45, 7) is 3.66. The molecule has 3 rings (SSSR count). The number of anilines is 1. The average molecular weight is 360 g/mol. The van der Waals surface area contributed by atoms with Crippen molar-refractivity contribution in [1.82, 2.24) is 10.1 Å². The number of aromatic nitrogens is 2. The highest BCUT2D eigenvalue weighted by Crippen LogP contribution is 2.32. The van der Waals surface area contributed by atoms with E-state index >= 15 is 0 Å². The highest BCUT2D eigenvalue weighted by atomic mass is 35.5. The summed E-state index contributed by atoms with van der Waals surface area (Å²) in [5, 5.41) is 7.34. The molecule has 2 heterocycles. The quantitative estimate of drug-likeness (QED) is 0.684. The summed E-state index contributed by atoms with van der Waals surface area (Å²) in [7, 11) is 0. The third-order valence-electron chi connectivity index (χ3n) is 3.24. The topological polar surface area (TPSA) is 68.0 Å². The van der Waals surface area contributed by atoms with Crippen LogP contribution in [0.15, 0.2) is 40.9 Å². The van der Waals surface area contributed by atoms with Crippen molar-refractivity contribution in [1.29, 1.82) is 0 Å². The van der Waals surface area contributed by atoms with E-state index in [1.54, 1.807) is 19.1 Å². The Labute approximate surface area is 148 Å². The molecule has 7 heteroatoms. The zero-order valence-electron chi connectivity index (χ0n) is 13.0. The fraction of sp³-hybridized carbons (Fsp3) is 0.118. The van der Waals surface area contributed by atoms with Crippen LogP contribution in [-0.2, 0) is 4.79 Å². The summed E-state index contributed by atoms with van der Waals surface area (Å²) >= 11 is 7.56. The largest absolute Gasteiger partial charge is 0.339 e. The van der Waals surface area contributed by atoms with E-state index in [0.717, 1.165) is 21.0 Å². The number of aryl methyl sites for hydroxylation is 2. The van der Waals surface area contributed by atoms with Crippen LogP contribution in [0.3, 0.4) is 0 Å². The molecule has 0 saturated carbocycles. The lowest BCUT2D eigenvalue weighted by molar-refractivity contribution is -0.111. The van der Waals surface area contributed by atoms with Crippen LogP contribution in [-0.4, -0.2) is 16.0 Å². The Morgan fingerprint density at radius 1 is 1.33 bits per heavy atom. The average Bonchev–Trinajstić information content (AvgIpc) is 3.13. The number of benzene rings is 1. The van der Waals surface area contributed by atoms with Crippen molar-refractivity contribution in [2.75, 3.05) is 5.32 Å². The van der Waals surface area contributed by atoms with Gasteiger partial charge in [0.15, 0.2) is 0 Å². The predicted molar refractivity (Wildman–Crippen MR) is 96.2 cm³/mol. The normalized spacial score (nSPS) is 11.1. The van der Waals surface area contributed by atoms with Gasteiger partial charge in [-0.15, -0.1) is 11.3 Å². The zero-order chi connectivity index (χ0) is 17.1. The van der Waals surface area contributed by atoms with Gasteiger partial charge in [-0.1, -0.05) is 35.0 Å². The standard InChI is InChI=1S/C17H14ClN3O2S/c1-10-14(9-15(24-10)17-19-11(2)23-21-17)20-16(22)8-7-12-5-3-4-6-13(12)18/h3-9H,1-2H3,(H,20,22). The number of thiophene rings is 1. The highest BCUT2D eigenvalue weighted by Gasteiger charge is 2.13. The smallest absolute Gasteiger partial charge is 0.248 e. The number of amides is 1. The molecule has 0 spiro atoms.